The Morgan fingerprint density at radius 2 is 1.58 bits per heavy atom. The van der Waals surface area contributed by atoms with Crippen molar-refractivity contribution in [2.24, 2.45) is 5.73 Å². The van der Waals surface area contributed by atoms with E-state index in [1.54, 1.807) is 41.5 Å². The van der Waals surface area contributed by atoms with Crippen LogP contribution in [0.1, 0.15) is 90.5 Å². The Labute approximate surface area is 215 Å². The maximum Gasteiger partial charge on any atom is 0.408 e. The zero-order valence-corrected chi connectivity index (χ0v) is 23.3. The van der Waals surface area contributed by atoms with Gasteiger partial charge in [-0.25, -0.2) is 4.79 Å². The fourth-order valence-corrected chi connectivity index (χ4v) is 3.99. The molecule has 4 amide bonds. The van der Waals surface area contributed by atoms with Crippen molar-refractivity contribution in [2.45, 2.75) is 105 Å². The smallest absolute Gasteiger partial charge is 0.408 e. The molecule has 0 radical (unpaired) electrons. The number of benzene rings is 1. The molecule has 2 atom stereocenters. The number of rotatable bonds is 10. The summed E-state index contributed by atoms with van der Waals surface area (Å²) < 4.78 is 5.31. The maximum absolute atomic E-state index is 14.1. The van der Waals surface area contributed by atoms with E-state index in [0.717, 1.165) is 24.0 Å². The van der Waals surface area contributed by atoms with Gasteiger partial charge in [0, 0.05) is 12.1 Å². The number of carbonyl (C=O) groups is 4. The van der Waals surface area contributed by atoms with E-state index in [2.05, 4.69) is 10.6 Å². The molecule has 0 saturated heterocycles. The molecular weight excluding hydrogens is 460 g/mol. The van der Waals surface area contributed by atoms with Crippen molar-refractivity contribution < 1.29 is 23.9 Å². The van der Waals surface area contributed by atoms with E-state index in [1.807, 2.05) is 39.0 Å². The summed E-state index contributed by atoms with van der Waals surface area (Å²) in [5.74, 6) is -1.71. The summed E-state index contributed by atoms with van der Waals surface area (Å²) in [4.78, 5) is 53.6. The summed E-state index contributed by atoms with van der Waals surface area (Å²) in [5, 5.41) is 5.46. The van der Waals surface area contributed by atoms with E-state index in [4.69, 9.17) is 10.5 Å². The van der Waals surface area contributed by atoms with Crippen LogP contribution in [0.25, 0.3) is 0 Å². The minimum absolute atomic E-state index is 0.334. The summed E-state index contributed by atoms with van der Waals surface area (Å²) >= 11 is 0. The molecule has 1 aromatic rings. The molecule has 9 nitrogen and oxygen atoms in total. The lowest BCUT2D eigenvalue weighted by atomic mass is 9.90. The molecule has 0 aliphatic heterocycles. The van der Waals surface area contributed by atoms with Crippen molar-refractivity contribution in [1.82, 2.24) is 15.5 Å². The van der Waals surface area contributed by atoms with Gasteiger partial charge in [0.1, 0.15) is 17.7 Å². The summed E-state index contributed by atoms with van der Waals surface area (Å²) in [6.07, 6.45) is 0.393. The summed E-state index contributed by atoms with van der Waals surface area (Å²) in [5.41, 5.74) is 6.16. The first-order valence-electron chi connectivity index (χ1n) is 12.4. The molecule has 0 bridgehead atoms. The number of hydrogen-bond donors (Lipinski definition) is 3. The van der Waals surface area contributed by atoms with Crippen LogP contribution in [0.15, 0.2) is 18.2 Å². The predicted molar refractivity (Wildman–Crippen MR) is 140 cm³/mol. The SMILES string of the molecule is CCCCNC(=O)C(c1c(C)cccc1C)N(C(=O)C(CC(N)=O)NC(=O)OC(C)(C)C)C(C)(C)C. The van der Waals surface area contributed by atoms with E-state index in [0.29, 0.717) is 12.1 Å². The van der Waals surface area contributed by atoms with Gasteiger partial charge in [-0.3, -0.25) is 14.4 Å². The number of alkyl carbamates (subject to hydrolysis) is 1. The third-order valence-corrected chi connectivity index (χ3v) is 5.51. The number of unbranched alkanes of at least 4 members (excludes halogenated alkanes) is 1. The molecule has 1 rings (SSSR count). The zero-order valence-electron chi connectivity index (χ0n) is 23.3. The summed E-state index contributed by atoms with van der Waals surface area (Å²) in [7, 11) is 0. The summed E-state index contributed by atoms with van der Waals surface area (Å²) in [6.45, 7) is 16.8. The van der Waals surface area contributed by atoms with Gasteiger partial charge in [0.05, 0.1) is 6.42 Å². The van der Waals surface area contributed by atoms with Gasteiger partial charge >= 0.3 is 6.09 Å². The molecule has 1 aromatic carbocycles. The van der Waals surface area contributed by atoms with Gasteiger partial charge in [-0.15, -0.1) is 0 Å². The first-order valence-corrected chi connectivity index (χ1v) is 12.4. The molecule has 0 aliphatic rings. The Morgan fingerprint density at radius 3 is 2.03 bits per heavy atom. The molecule has 0 fully saturated rings. The predicted octanol–water partition coefficient (Wildman–Crippen LogP) is 3.66. The number of primary amides is 1. The third-order valence-electron chi connectivity index (χ3n) is 5.51. The van der Waals surface area contributed by atoms with Gasteiger partial charge < -0.3 is 26.0 Å². The lowest BCUT2D eigenvalue weighted by Crippen LogP contribution is -2.59. The summed E-state index contributed by atoms with van der Waals surface area (Å²) in [6, 6.07) is 3.36. The first-order chi connectivity index (χ1) is 16.5. The number of carbonyl (C=O) groups excluding carboxylic acids is 4. The molecule has 0 spiro atoms. The quantitative estimate of drug-likeness (QED) is 0.419. The Hall–Kier alpha value is -3.10. The highest BCUT2D eigenvalue weighted by Gasteiger charge is 2.43. The minimum Gasteiger partial charge on any atom is -0.444 e. The van der Waals surface area contributed by atoms with Crippen LogP contribution in [-0.2, 0) is 19.1 Å². The van der Waals surface area contributed by atoms with Gasteiger partial charge in [-0.1, -0.05) is 31.5 Å². The number of ether oxygens (including phenoxy) is 1. The van der Waals surface area contributed by atoms with Crippen molar-refractivity contribution in [1.29, 1.82) is 0 Å². The fraction of sp³-hybridized carbons (Fsp3) is 0.630. The van der Waals surface area contributed by atoms with Gasteiger partial charge in [0.25, 0.3) is 0 Å². The van der Waals surface area contributed by atoms with Crippen LogP contribution in [-0.4, -0.2) is 52.4 Å². The molecule has 0 aliphatic carbocycles. The van der Waals surface area contributed by atoms with Gasteiger partial charge in [0.15, 0.2) is 0 Å². The van der Waals surface area contributed by atoms with Crippen LogP contribution in [0.4, 0.5) is 4.79 Å². The van der Waals surface area contributed by atoms with Crippen molar-refractivity contribution in [3.8, 4) is 0 Å². The number of aryl methyl sites for hydroxylation is 2. The lowest BCUT2D eigenvalue weighted by molar-refractivity contribution is -0.149. The molecule has 202 valence electrons. The van der Waals surface area contributed by atoms with Crippen molar-refractivity contribution in [2.75, 3.05) is 6.54 Å². The second-order valence-electron chi connectivity index (χ2n) is 11.1. The number of nitrogens with zero attached hydrogens (tertiary/aromatic N) is 1. The van der Waals surface area contributed by atoms with Crippen LogP contribution in [0.3, 0.4) is 0 Å². The topological polar surface area (TPSA) is 131 Å². The molecule has 2 unspecified atom stereocenters. The van der Waals surface area contributed by atoms with Gasteiger partial charge in [-0.2, -0.15) is 0 Å². The average Bonchev–Trinajstić information content (AvgIpc) is 2.69. The highest BCUT2D eigenvalue weighted by Crippen LogP contribution is 2.34. The van der Waals surface area contributed by atoms with Crippen molar-refractivity contribution in [3.05, 3.63) is 34.9 Å². The molecular formula is C27H44N4O5. The van der Waals surface area contributed by atoms with Crippen LogP contribution >= 0.6 is 0 Å². The van der Waals surface area contributed by atoms with Crippen LogP contribution in [0.2, 0.25) is 0 Å². The Balaban J connectivity index is 3.64. The molecule has 36 heavy (non-hydrogen) atoms. The molecule has 0 saturated carbocycles. The monoisotopic (exact) mass is 504 g/mol. The molecule has 0 aromatic heterocycles. The third kappa shape index (κ3) is 9.17. The van der Waals surface area contributed by atoms with Crippen molar-refractivity contribution >= 4 is 23.8 Å². The second-order valence-corrected chi connectivity index (χ2v) is 11.1. The number of amides is 4. The number of hydrogen-bond acceptors (Lipinski definition) is 5. The highest BCUT2D eigenvalue weighted by molar-refractivity contribution is 5.95. The Bertz CT molecular complexity index is 926. The number of nitrogens with one attached hydrogen (secondary N) is 2. The van der Waals surface area contributed by atoms with Crippen LogP contribution in [0.5, 0.6) is 0 Å². The lowest BCUT2D eigenvalue weighted by Gasteiger charge is -2.43. The van der Waals surface area contributed by atoms with E-state index < -0.39 is 47.6 Å². The fourth-order valence-electron chi connectivity index (χ4n) is 3.99. The van der Waals surface area contributed by atoms with Crippen LogP contribution in [0, 0.1) is 13.8 Å². The van der Waals surface area contributed by atoms with E-state index in [9.17, 15) is 19.2 Å². The Kier molecular flexibility index (Phi) is 10.9. The normalized spacial score (nSPS) is 13.4. The standard InChI is InChI=1S/C27H44N4O5/c1-10-11-15-29-23(33)22(21-17(2)13-12-14-18(21)3)31(26(4,5)6)24(34)19(16-20(28)32)30-25(35)36-27(7,8)9/h12-14,19,22H,10-11,15-16H2,1-9H3,(H2,28,32)(H,29,33)(H,30,35). The largest absolute Gasteiger partial charge is 0.444 e. The van der Waals surface area contributed by atoms with Crippen LogP contribution < -0.4 is 16.4 Å². The van der Waals surface area contributed by atoms with E-state index in [1.165, 1.54) is 4.90 Å². The van der Waals surface area contributed by atoms with Gasteiger partial charge in [0.2, 0.25) is 17.7 Å². The maximum atomic E-state index is 14.1. The van der Waals surface area contributed by atoms with E-state index in [-0.39, 0.29) is 5.91 Å². The molecule has 9 heteroatoms. The first kappa shape index (κ1) is 30.9. The Morgan fingerprint density at radius 1 is 1.03 bits per heavy atom. The van der Waals surface area contributed by atoms with E-state index >= 15 is 0 Å². The van der Waals surface area contributed by atoms with Gasteiger partial charge in [-0.05, 0) is 78.5 Å². The molecule has 4 N–H and O–H groups in total. The second kappa shape index (κ2) is 12.7. The average molecular weight is 505 g/mol. The number of nitrogens with two attached hydrogens (primary N) is 1. The van der Waals surface area contributed by atoms with Crippen molar-refractivity contribution in [3.63, 3.8) is 0 Å². The minimum atomic E-state index is -1.31. The highest BCUT2D eigenvalue weighted by atomic mass is 16.6. The molecule has 0 heterocycles. The zero-order chi connectivity index (χ0) is 27.8.